The monoisotopic (exact) mass is 672 g/mol. The molecule has 0 rings (SSSR count). The Balaban J connectivity index is -0.000000767. The summed E-state index contributed by atoms with van der Waals surface area (Å²) < 4.78 is 19.5. The van der Waals surface area contributed by atoms with Crippen LogP contribution in [-0.4, -0.2) is 99.5 Å². The Morgan fingerprint density at radius 2 is 0.822 bits per heavy atom. The Hall–Kier alpha value is -2.32. The Bertz CT molecular complexity index is 839. The molecule has 14 nitrogen and oxygen atoms in total. The fourth-order valence-corrected chi connectivity index (χ4v) is 3.77. The summed E-state index contributed by atoms with van der Waals surface area (Å²) in [5, 5.41) is 26.3. The Kier molecular flexibility index (Phi) is 27.0. The molecular weight excluding hydrogens is 620 g/mol. The number of carbonyl (C=O) groups excluding carboxylic acids is 6. The molecule has 4 atom stereocenters. The van der Waals surface area contributed by atoms with E-state index in [4.69, 9.17) is 18.9 Å². The molecule has 2 N–H and O–H groups in total. The number of nitrogens with one attached hydrogen (secondary N) is 2. The van der Waals surface area contributed by atoms with Crippen LogP contribution in [0.5, 0.6) is 0 Å². The van der Waals surface area contributed by atoms with Crippen molar-refractivity contribution in [1.29, 1.82) is 0 Å². The molecular formula is C30H52CaN2O12. The molecule has 0 aliphatic carbocycles. The molecule has 0 unspecified atom stereocenters. The van der Waals surface area contributed by atoms with Crippen molar-refractivity contribution in [2.75, 3.05) is 13.1 Å². The third-order valence-corrected chi connectivity index (χ3v) is 5.64. The van der Waals surface area contributed by atoms with Crippen molar-refractivity contribution >= 4 is 73.8 Å². The minimum Gasteiger partial charge on any atom is -0.550 e. The summed E-state index contributed by atoms with van der Waals surface area (Å²) in [4.78, 5) is 67.2. The second kappa shape index (κ2) is 25.8. The summed E-state index contributed by atoms with van der Waals surface area (Å²) in [6, 6.07) is 0. The number of rotatable bonds is 18. The number of hydrogen-bond donors (Lipinski definition) is 2. The molecule has 0 aromatic rings. The van der Waals surface area contributed by atoms with Gasteiger partial charge in [-0.05, 0) is 49.4 Å². The van der Waals surface area contributed by atoms with E-state index in [0.29, 0.717) is 24.7 Å². The summed E-state index contributed by atoms with van der Waals surface area (Å²) in [5.41, 5.74) is 0. The third-order valence-electron chi connectivity index (χ3n) is 5.64. The molecule has 256 valence electrons. The molecule has 45 heavy (non-hydrogen) atoms. The average Bonchev–Trinajstić information content (AvgIpc) is 2.84. The topological polar surface area (TPSA) is 210 Å². The largest absolute Gasteiger partial charge is 2.00 e. The normalized spacial score (nSPS) is 13.3. The summed E-state index contributed by atoms with van der Waals surface area (Å²) in [6.07, 6.45) is -2.48. The molecule has 0 saturated heterocycles. The minimum absolute atomic E-state index is 0. The molecule has 0 aromatic carbocycles. The number of ether oxygens (including phenoxy) is 4. The summed E-state index contributed by atoms with van der Waals surface area (Å²) in [7, 11) is 0. The summed E-state index contributed by atoms with van der Waals surface area (Å²) in [5.74, 6) is -3.72. The molecule has 0 radical (unpaired) electrons. The number of carboxylic acid groups (broad SMARTS) is 2. The summed E-state index contributed by atoms with van der Waals surface area (Å²) >= 11 is 0. The number of amides is 2. The number of carbonyl (C=O) groups is 6. The van der Waals surface area contributed by atoms with Crippen LogP contribution in [0.25, 0.3) is 0 Å². The average molecular weight is 673 g/mol. The Morgan fingerprint density at radius 1 is 0.533 bits per heavy atom. The van der Waals surface area contributed by atoms with Gasteiger partial charge >= 0.3 is 61.9 Å². The molecule has 0 spiro atoms. The zero-order valence-corrected chi connectivity index (χ0v) is 30.7. The van der Waals surface area contributed by atoms with Crippen LogP contribution < -0.4 is 20.8 Å². The van der Waals surface area contributed by atoms with Gasteiger partial charge in [0, 0.05) is 38.9 Å². The predicted octanol–water partition coefficient (Wildman–Crippen LogP) is 1.74. The van der Waals surface area contributed by atoms with Crippen LogP contribution in [0.1, 0.15) is 94.9 Å². The maximum absolute atomic E-state index is 11.6. The third kappa shape index (κ3) is 28.9. The van der Waals surface area contributed by atoms with Crippen LogP contribution in [0.3, 0.4) is 0 Å². The van der Waals surface area contributed by atoms with E-state index in [1.165, 1.54) is 13.8 Å². The van der Waals surface area contributed by atoms with Crippen molar-refractivity contribution in [3.63, 3.8) is 0 Å². The molecule has 0 aromatic heterocycles. The quantitative estimate of drug-likeness (QED) is 0.121. The fraction of sp³-hybridized carbons (Fsp3) is 0.800. The van der Waals surface area contributed by atoms with E-state index >= 15 is 0 Å². The van der Waals surface area contributed by atoms with Crippen LogP contribution in [0, 0.1) is 35.5 Å². The second-order valence-corrected chi connectivity index (χ2v) is 12.0. The maximum Gasteiger partial charge on any atom is 2.00 e. The van der Waals surface area contributed by atoms with Gasteiger partial charge in [0.15, 0.2) is 0 Å². The van der Waals surface area contributed by atoms with Gasteiger partial charge in [0.05, 0.1) is 11.8 Å². The maximum atomic E-state index is 11.6. The van der Waals surface area contributed by atoms with E-state index in [0.717, 1.165) is 0 Å². The first-order valence-electron chi connectivity index (χ1n) is 14.9. The van der Waals surface area contributed by atoms with E-state index in [2.05, 4.69) is 10.6 Å². The van der Waals surface area contributed by atoms with Crippen molar-refractivity contribution in [1.82, 2.24) is 10.6 Å². The van der Waals surface area contributed by atoms with Crippen LogP contribution in [0.4, 0.5) is 9.59 Å². The van der Waals surface area contributed by atoms with Gasteiger partial charge in [-0.15, -0.1) is 0 Å². The van der Waals surface area contributed by atoms with Crippen molar-refractivity contribution in [3.8, 4) is 0 Å². The molecule has 15 heteroatoms. The Labute approximate surface area is 297 Å². The Morgan fingerprint density at radius 3 is 1.04 bits per heavy atom. The molecule has 0 aliphatic rings. The van der Waals surface area contributed by atoms with Crippen molar-refractivity contribution in [2.45, 2.75) is 108 Å². The van der Waals surface area contributed by atoms with Crippen LogP contribution in [-0.2, 0) is 38.1 Å². The first-order valence-corrected chi connectivity index (χ1v) is 14.9. The van der Waals surface area contributed by atoms with Gasteiger partial charge in [-0.1, -0.05) is 55.4 Å². The number of aliphatic carboxylic acids is 2. The van der Waals surface area contributed by atoms with Gasteiger partial charge < -0.3 is 49.4 Å². The SMILES string of the molecule is CC(C)C[C@H](CNC(=O)O[C@@H](C)OC(=O)C(C)C)CC(=O)[O-].CC(C)C[C@H](CNC(=O)O[C@@H](C)OC(=O)C(C)C)CC(=O)[O-].[Ca+2]. The molecule has 0 heterocycles. The first-order chi connectivity index (χ1) is 20.2. The van der Waals surface area contributed by atoms with Gasteiger partial charge in [0.2, 0.25) is 12.6 Å². The van der Waals surface area contributed by atoms with Crippen LogP contribution in [0.2, 0.25) is 0 Å². The zero-order chi connectivity index (χ0) is 34.6. The first kappa shape index (κ1) is 47.1. The van der Waals surface area contributed by atoms with Gasteiger partial charge in [0.1, 0.15) is 0 Å². The number of alkyl carbamates (subject to hydrolysis) is 2. The number of esters is 2. The van der Waals surface area contributed by atoms with E-state index in [-0.39, 0.29) is 87.3 Å². The molecule has 2 amide bonds. The smallest absolute Gasteiger partial charge is 0.550 e. The standard InChI is InChI=1S/2C15H27NO6.Ca/c2*1-9(2)6-12(7-13(17)18)8-16-15(20)22-11(5)21-14(19)10(3)4;/h2*9-12H,6-8H2,1-5H3,(H,16,20)(H,17,18);/q;;+2/p-2/t2*11-,12-;/m00./s1. The van der Waals surface area contributed by atoms with Crippen molar-refractivity contribution in [2.24, 2.45) is 35.5 Å². The van der Waals surface area contributed by atoms with Crippen molar-refractivity contribution in [3.05, 3.63) is 0 Å². The van der Waals surface area contributed by atoms with E-state index < -0.39 is 48.6 Å². The van der Waals surface area contributed by atoms with Crippen LogP contribution in [0.15, 0.2) is 0 Å². The number of carboxylic acids is 2. The van der Waals surface area contributed by atoms with Crippen LogP contribution >= 0.6 is 0 Å². The minimum atomic E-state index is -1.15. The van der Waals surface area contributed by atoms with Gasteiger partial charge in [-0.2, -0.15) is 0 Å². The van der Waals surface area contributed by atoms with E-state index in [1.54, 1.807) is 27.7 Å². The van der Waals surface area contributed by atoms with E-state index in [9.17, 15) is 39.0 Å². The predicted molar refractivity (Wildman–Crippen MR) is 161 cm³/mol. The second-order valence-electron chi connectivity index (χ2n) is 12.0. The van der Waals surface area contributed by atoms with E-state index in [1.807, 2.05) is 27.7 Å². The summed E-state index contributed by atoms with van der Waals surface area (Å²) in [6.45, 7) is 17.8. The van der Waals surface area contributed by atoms with Gasteiger partial charge in [-0.25, -0.2) is 9.59 Å². The number of hydrogen-bond acceptors (Lipinski definition) is 12. The molecule has 0 aliphatic heterocycles. The zero-order valence-electron chi connectivity index (χ0n) is 28.5. The molecule has 0 saturated carbocycles. The fourth-order valence-electron chi connectivity index (χ4n) is 3.77. The van der Waals surface area contributed by atoms with Crippen molar-refractivity contribution < 1.29 is 57.9 Å². The van der Waals surface area contributed by atoms with Gasteiger partial charge in [0.25, 0.3) is 0 Å². The van der Waals surface area contributed by atoms with Gasteiger partial charge in [-0.3, -0.25) is 9.59 Å². The molecule has 0 fully saturated rings. The molecule has 0 bridgehead atoms.